The number of hydrogen-bond acceptors (Lipinski definition) is 3. The Morgan fingerprint density at radius 2 is 1.89 bits per heavy atom. The summed E-state index contributed by atoms with van der Waals surface area (Å²) in [5.41, 5.74) is -1.30. The highest BCUT2D eigenvalue weighted by Crippen LogP contribution is 2.49. The first kappa shape index (κ1) is 12.8. The Hall–Kier alpha value is -1.60. The van der Waals surface area contributed by atoms with Crippen LogP contribution in [0.4, 0.5) is 18.0 Å². The first-order valence-electron chi connectivity index (χ1n) is 5.43. The Kier molecular flexibility index (Phi) is 2.64. The van der Waals surface area contributed by atoms with Gasteiger partial charge in [0.2, 0.25) is 11.8 Å². The van der Waals surface area contributed by atoms with E-state index < -0.39 is 41.9 Å². The Morgan fingerprint density at radius 3 is 2.33 bits per heavy atom. The van der Waals surface area contributed by atoms with Crippen LogP contribution in [0.5, 0.6) is 0 Å². The molecule has 0 aromatic rings. The normalized spacial score (nSPS) is 24.2. The number of nitrogens with one attached hydrogen (secondary N) is 1. The Labute approximate surface area is 100 Å². The summed E-state index contributed by atoms with van der Waals surface area (Å²) in [5, 5.41) is 1.94. The van der Waals surface area contributed by atoms with Crippen LogP contribution in [-0.2, 0) is 9.59 Å². The minimum Gasteiger partial charge on any atom is -0.277 e. The molecule has 1 spiro atoms. The van der Waals surface area contributed by atoms with E-state index in [4.69, 9.17) is 0 Å². The van der Waals surface area contributed by atoms with Gasteiger partial charge in [-0.2, -0.15) is 13.2 Å². The monoisotopic (exact) mass is 264 g/mol. The average Bonchev–Trinajstić information content (AvgIpc) is 2.92. The summed E-state index contributed by atoms with van der Waals surface area (Å²) in [6, 6.07) is -2.39. The van der Waals surface area contributed by atoms with E-state index in [1.807, 2.05) is 5.32 Å². The minimum absolute atomic E-state index is 0.278. The Bertz CT molecular complexity index is 429. The molecule has 0 aromatic heterocycles. The molecular weight excluding hydrogens is 253 g/mol. The first-order chi connectivity index (χ1) is 8.17. The van der Waals surface area contributed by atoms with Crippen molar-refractivity contribution in [2.75, 3.05) is 0 Å². The van der Waals surface area contributed by atoms with Crippen molar-refractivity contribution in [1.82, 2.24) is 10.2 Å². The summed E-state index contributed by atoms with van der Waals surface area (Å²) in [6.07, 6.45) is -5.20. The van der Waals surface area contributed by atoms with E-state index in [-0.39, 0.29) is 12.8 Å². The fourth-order valence-corrected chi connectivity index (χ4v) is 2.09. The highest BCUT2D eigenvalue weighted by Gasteiger charge is 2.63. The number of rotatable bonds is 2. The topological polar surface area (TPSA) is 66.5 Å². The second kappa shape index (κ2) is 3.69. The quantitative estimate of drug-likeness (QED) is 0.762. The standard InChI is InChI=1S/C10H11F3N2O3/c1-5(4-10(11,12)13)15-7(17)9(2-3-9)6(16)14-8(15)18/h5H,2-4H2,1H3,(H,14,16,18). The maximum absolute atomic E-state index is 12.3. The van der Waals surface area contributed by atoms with E-state index >= 15 is 0 Å². The molecule has 1 atom stereocenters. The van der Waals surface area contributed by atoms with Crippen molar-refractivity contribution in [2.45, 2.75) is 38.4 Å². The van der Waals surface area contributed by atoms with E-state index in [1.54, 1.807) is 0 Å². The number of carbonyl (C=O) groups excluding carboxylic acids is 3. The van der Waals surface area contributed by atoms with E-state index in [0.29, 0.717) is 4.90 Å². The molecule has 5 nitrogen and oxygen atoms in total. The molecule has 2 rings (SSSR count). The van der Waals surface area contributed by atoms with E-state index in [0.717, 1.165) is 6.92 Å². The third kappa shape index (κ3) is 1.95. The summed E-state index contributed by atoms with van der Waals surface area (Å²) in [5.74, 6) is -1.51. The number of alkyl halides is 3. The van der Waals surface area contributed by atoms with Crippen LogP contribution in [0.15, 0.2) is 0 Å². The van der Waals surface area contributed by atoms with Crippen LogP contribution >= 0.6 is 0 Å². The van der Waals surface area contributed by atoms with Gasteiger partial charge in [0.05, 0.1) is 6.42 Å². The summed E-state index contributed by atoms with van der Waals surface area (Å²) < 4.78 is 36.8. The highest BCUT2D eigenvalue weighted by atomic mass is 19.4. The molecule has 0 aromatic carbocycles. The van der Waals surface area contributed by atoms with Gasteiger partial charge in [0.1, 0.15) is 5.41 Å². The molecule has 0 bridgehead atoms. The number of nitrogens with zero attached hydrogens (tertiary/aromatic N) is 1. The van der Waals surface area contributed by atoms with E-state index in [2.05, 4.69) is 0 Å². The van der Waals surface area contributed by atoms with Gasteiger partial charge in [0.25, 0.3) is 0 Å². The molecule has 8 heteroatoms. The lowest BCUT2D eigenvalue weighted by Crippen LogP contribution is -2.61. The van der Waals surface area contributed by atoms with Gasteiger partial charge in [-0.25, -0.2) is 4.79 Å². The molecule has 1 saturated heterocycles. The maximum Gasteiger partial charge on any atom is 0.391 e. The SMILES string of the molecule is CC(CC(F)(F)F)N1C(=O)NC(=O)C2(CC2)C1=O. The largest absolute Gasteiger partial charge is 0.391 e. The second-order valence-corrected chi connectivity index (χ2v) is 4.68. The number of hydrogen-bond donors (Lipinski definition) is 1. The van der Waals surface area contributed by atoms with Crippen molar-refractivity contribution in [3.05, 3.63) is 0 Å². The zero-order chi connectivity index (χ0) is 13.7. The van der Waals surface area contributed by atoms with Crippen LogP contribution in [-0.4, -0.2) is 35.0 Å². The fourth-order valence-electron chi connectivity index (χ4n) is 2.09. The minimum atomic E-state index is -4.47. The highest BCUT2D eigenvalue weighted by molar-refractivity contribution is 6.21. The lowest BCUT2D eigenvalue weighted by atomic mass is 10.00. The van der Waals surface area contributed by atoms with Crippen LogP contribution in [0.25, 0.3) is 0 Å². The third-order valence-electron chi connectivity index (χ3n) is 3.22. The van der Waals surface area contributed by atoms with Crippen molar-refractivity contribution in [3.8, 4) is 0 Å². The van der Waals surface area contributed by atoms with Crippen molar-refractivity contribution >= 4 is 17.8 Å². The van der Waals surface area contributed by atoms with Gasteiger partial charge in [0, 0.05) is 6.04 Å². The molecule has 1 aliphatic heterocycles. The molecule has 2 aliphatic rings. The molecule has 100 valence electrons. The lowest BCUT2D eigenvalue weighted by molar-refractivity contribution is -0.155. The van der Waals surface area contributed by atoms with Gasteiger partial charge < -0.3 is 0 Å². The van der Waals surface area contributed by atoms with Gasteiger partial charge in [-0.05, 0) is 19.8 Å². The van der Waals surface area contributed by atoms with E-state index in [1.165, 1.54) is 0 Å². The predicted molar refractivity (Wildman–Crippen MR) is 52.2 cm³/mol. The van der Waals surface area contributed by atoms with Crippen molar-refractivity contribution in [3.63, 3.8) is 0 Å². The van der Waals surface area contributed by atoms with Crippen molar-refractivity contribution in [1.29, 1.82) is 0 Å². The molecule has 1 unspecified atom stereocenters. The lowest BCUT2D eigenvalue weighted by Gasteiger charge is -2.34. The summed E-state index contributed by atoms with van der Waals surface area (Å²) >= 11 is 0. The van der Waals surface area contributed by atoms with Crippen LogP contribution in [0.1, 0.15) is 26.2 Å². The van der Waals surface area contributed by atoms with Gasteiger partial charge in [-0.3, -0.25) is 19.8 Å². The molecule has 1 heterocycles. The second-order valence-electron chi connectivity index (χ2n) is 4.68. The molecular formula is C10H11F3N2O3. The van der Waals surface area contributed by atoms with Gasteiger partial charge in [0.15, 0.2) is 0 Å². The number of urea groups is 1. The van der Waals surface area contributed by atoms with Gasteiger partial charge in [-0.1, -0.05) is 0 Å². The van der Waals surface area contributed by atoms with Gasteiger partial charge in [-0.15, -0.1) is 0 Å². The average molecular weight is 264 g/mol. The molecule has 2 fully saturated rings. The zero-order valence-corrected chi connectivity index (χ0v) is 9.50. The third-order valence-corrected chi connectivity index (χ3v) is 3.22. The van der Waals surface area contributed by atoms with Crippen molar-refractivity contribution < 1.29 is 27.6 Å². The number of halogens is 3. The number of imide groups is 2. The van der Waals surface area contributed by atoms with Crippen LogP contribution in [0.3, 0.4) is 0 Å². The van der Waals surface area contributed by atoms with Crippen molar-refractivity contribution in [2.24, 2.45) is 5.41 Å². The summed E-state index contributed by atoms with van der Waals surface area (Å²) in [4.78, 5) is 35.4. The molecule has 0 radical (unpaired) electrons. The molecule has 1 aliphatic carbocycles. The van der Waals surface area contributed by atoms with Gasteiger partial charge >= 0.3 is 12.2 Å². The Morgan fingerprint density at radius 1 is 1.33 bits per heavy atom. The van der Waals surface area contributed by atoms with Crippen LogP contribution in [0, 0.1) is 5.41 Å². The number of barbiturate groups is 1. The van der Waals surface area contributed by atoms with Crippen LogP contribution < -0.4 is 5.32 Å². The fraction of sp³-hybridized carbons (Fsp3) is 0.700. The maximum atomic E-state index is 12.3. The smallest absolute Gasteiger partial charge is 0.277 e. The van der Waals surface area contributed by atoms with E-state index in [9.17, 15) is 27.6 Å². The number of amides is 4. The number of carbonyl (C=O) groups is 3. The summed E-state index contributed by atoms with van der Waals surface area (Å²) in [6.45, 7) is 1.14. The molecule has 18 heavy (non-hydrogen) atoms. The molecule has 1 N–H and O–H groups in total. The van der Waals surface area contributed by atoms with Crippen LogP contribution in [0.2, 0.25) is 0 Å². The summed E-state index contributed by atoms with van der Waals surface area (Å²) in [7, 11) is 0. The molecule has 4 amide bonds. The first-order valence-corrected chi connectivity index (χ1v) is 5.43. The predicted octanol–water partition coefficient (Wildman–Crippen LogP) is 1.19. The zero-order valence-electron chi connectivity index (χ0n) is 9.50. The molecule has 1 saturated carbocycles. The Balaban J connectivity index is 2.19.